The first-order valence-corrected chi connectivity index (χ1v) is 9.51. The molecular formula is C20H30N2O5. The molecule has 0 aliphatic heterocycles. The van der Waals surface area contributed by atoms with Gasteiger partial charge in [0.1, 0.15) is 12.4 Å². The van der Waals surface area contributed by atoms with Crippen molar-refractivity contribution >= 4 is 11.9 Å². The standard InChI is InChI=1S/C20H30N2O5/c1-3-10-27-18-13-14(7-8-17(18)21)19(23)22-9-11-26-16-6-4-5-15(12-16)20(24)25-2/h4-6,12,14,17-18H,3,7-11,13,21H2,1-2H3,(H,22,23)/t14-,17-,18-/m0/s1. The Balaban J connectivity index is 1.73. The molecule has 7 heteroatoms. The first kappa shape index (κ1) is 21.2. The maximum atomic E-state index is 12.4. The van der Waals surface area contributed by atoms with Gasteiger partial charge in [-0.15, -0.1) is 0 Å². The number of ether oxygens (including phenoxy) is 3. The van der Waals surface area contributed by atoms with Gasteiger partial charge < -0.3 is 25.3 Å². The van der Waals surface area contributed by atoms with E-state index < -0.39 is 5.97 Å². The van der Waals surface area contributed by atoms with Crippen LogP contribution < -0.4 is 15.8 Å². The molecule has 0 unspecified atom stereocenters. The fourth-order valence-electron chi connectivity index (χ4n) is 3.17. The first-order valence-electron chi connectivity index (χ1n) is 9.51. The summed E-state index contributed by atoms with van der Waals surface area (Å²) in [5.41, 5.74) is 6.53. The van der Waals surface area contributed by atoms with Crippen LogP contribution in [0.4, 0.5) is 0 Å². The van der Waals surface area contributed by atoms with Crippen molar-refractivity contribution in [3.8, 4) is 5.75 Å². The zero-order valence-corrected chi connectivity index (χ0v) is 16.1. The highest BCUT2D eigenvalue weighted by Crippen LogP contribution is 2.26. The van der Waals surface area contributed by atoms with E-state index in [1.165, 1.54) is 7.11 Å². The van der Waals surface area contributed by atoms with E-state index in [0.717, 1.165) is 19.3 Å². The molecule has 1 fully saturated rings. The molecule has 2 rings (SSSR count). The van der Waals surface area contributed by atoms with E-state index in [-0.39, 0.29) is 24.0 Å². The topological polar surface area (TPSA) is 99.9 Å². The summed E-state index contributed by atoms with van der Waals surface area (Å²) < 4.78 is 16.1. The van der Waals surface area contributed by atoms with Gasteiger partial charge in [0.05, 0.1) is 25.3 Å². The van der Waals surface area contributed by atoms with Gasteiger partial charge in [-0.2, -0.15) is 0 Å². The number of nitrogens with two attached hydrogens (primary N) is 1. The number of hydrogen-bond donors (Lipinski definition) is 2. The fraction of sp³-hybridized carbons (Fsp3) is 0.600. The molecule has 3 atom stereocenters. The molecule has 1 aromatic rings. The fourth-order valence-corrected chi connectivity index (χ4v) is 3.17. The predicted molar refractivity (Wildman–Crippen MR) is 102 cm³/mol. The molecule has 0 radical (unpaired) electrons. The number of benzene rings is 1. The predicted octanol–water partition coefficient (Wildman–Crippen LogP) is 1.89. The highest BCUT2D eigenvalue weighted by molar-refractivity contribution is 5.89. The minimum Gasteiger partial charge on any atom is -0.492 e. The highest BCUT2D eigenvalue weighted by Gasteiger charge is 2.32. The molecule has 1 amide bonds. The van der Waals surface area contributed by atoms with Crippen molar-refractivity contribution in [1.29, 1.82) is 0 Å². The number of methoxy groups -OCH3 is 1. The normalized spacial score (nSPS) is 22.1. The summed E-state index contributed by atoms with van der Waals surface area (Å²) in [7, 11) is 1.33. The van der Waals surface area contributed by atoms with Gasteiger partial charge in [0, 0.05) is 18.6 Å². The molecule has 3 N–H and O–H groups in total. The molecule has 1 aromatic carbocycles. The minimum absolute atomic E-state index is 0.00557. The van der Waals surface area contributed by atoms with Crippen molar-refractivity contribution in [2.24, 2.45) is 11.7 Å². The smallest absolute Gasteiger partial charge is 0.337 e. The van der Waals surface area contributed by atoms with E-state index in [9.17, 15) is 9.59 Å². The molecule has 7 nitrogen and oxygen atoms in total. The van der Waals surface area contributed by atoms with E-state index in [1.807, 2.05) is 0 Å². The van der Waals surface area contributed by atoms with Gasteiger partial charge in [-0.05, 0) is 43.9 Å². The van der Waals surface area contributed by atoms with Crippen molar-refractivity contribution in [2.45, 2.75) is 44.8 Å². The first-order chi connectivity index (χ1) is 13.0. The maximum Gasteiger partial charge on any atom is 0.337 e. The molecule has 27 heavy (non-hydrogen) atoms. The van der Waals surface area contributed by atoms with Gasteiger partial charge in [0.2, 0.25) is 5.91 Å². The summed E-state index contributed by atoms with van der Waals surface area (Å²) in [4.78, 5) is 23.9. The van der Waals surface area contributed by atoms with Crippen LogP contribution in [0.5, 0.6) is 5.75 Å². The largest absolute Gasteiger partial charge is 0.492 e. The van der Waals surface area contributed by atoms with Crippen LogP contribution in [-0.2, 0) is 14.3 Å². The second-order valence-electron chi connectivity index (χ2n) is 6.74. The summed E-state index contributed by atoms with van der Waals surface area (Å²) >= 11 is 0. The third-order valence-electron chi connectivity index (χ3n) is 4.67. The number of carbonyl (C=O) groups excluding carboxylic acids is 2. The Morgan fingerprint density at radius 1 is 1.26 bits per heavy atom. The van der Waals surface area contributed by atoms with Gasteiger partial charge >= 0.3 is 5.97 Å². The van der Waals surface area contributed by atoms with Crippen LogP contribution in [0.2, 0.25) is 0 Å². The molecule has 0 saturated heterocycles. The van der Waals surface area contributed by atoms with Crippen LogP contribution >= 0.6 is 0 Å². The summed E-state index contributed by atoms with van der Waals surface area (Å²) in [5, 5.41) is 2.91. The van der Waals surface area contributed by atoms with E-state index in [2.05, 4.69) is 17.0 Å². The zero-order chi connectivity index (χ0) is 19.6. The highest BCUT2D eigenvalue weighted by atomic mass is 16.5. The molecule has 150 valence electrons. The van der Waals surface area contributed by atoms with Crippen LogP contribution in [-0.4, -0.2) is 50.9 Å². The summed E-state index contributed by atoms with van der Waals surface area (Å²) in [5.74, 6) is 0.0844. The van der Waals surface area contributed by atoms with Crippen molar-refractivity contribution in [1.82, 2.24) is 5.32 Å². The van der Waals surface area contributed by atoms with Gasteiger partial charge in [-0.25, -0.2) is 4.79 Å². The minimum atomic E-state index is -0.413. The van der Waals surface area contributed by atoms with Crippen molar-refractivity contribution < 1.29 is 23.8 Å². The molecule has 0 bridgehead atoms. The van der Waals surface area contributed by atoms with Gasteiger partial charge in [-0.1, -0.05) is 13.0 Å². The van der Waals surface area contributed by atoms with Crippen molar-refractivity contribution in [3.05, 3.63) is 29.8 Å². The third-order valence-corrected chi connectivity index (χ3v) is 4.67. The Morgan fingerprint density at radius 3 is 2.81 bits per heavy atom. The second kappa shape index (κ2) is 10.9. The van der Waals surface area contributed by atoms with Crippen molar-refractivity contribution in [3.63, 3.8) is 0 Å². The lowest BCUT2D eigenvalue weighted by Gasteiger charge is -2.33. The Bertz CT molecular complexity index is 622. The average Bonchev–Trinajstić information content (AvgIpc) is 2.70. The molecule has 0 spiro atoms. The van der Waals surface area contributed by atoms with Gasteiger partial charge in [-0.3, -0.25) is 4.79 Å². The van der Waals surface area contributed by atoms with Crippen molar-refractivity contribution in [2.75, 3.05) is 26.9 Å². The quantitative estimate of drug-likeness (QED) is 0.503. The maximum absolute atomic E-state index is 12.4. The Morgan fingerprint density at radius 2 is 2.07 bits per heavy atom. The Kier molecular flexibility index (Phi) is 8.54. The van der Waals surface area contributed by atoms with Gasteiger partial charge in [0.25, 0.3) is 0 Å². The lowest BCUT2D eigenvalue weighted by molar-refractivity contribution is -0.128. The number of esters is 1. The second-order valence-corrected chi connectivity index (χ2v) is 6.74. The molecular weight excluding hydrogens is 348 g/mol. The average molecular weight is 378 g/mol. The molecule has 1 aliphatic rings. The number of carbonyl (C=O) groups is 2. The number of hydrogen-bond acceptors (Lipinski definition) is 6. The van der Waals surface area contributed by atoms with Gasteiger partial charge in [0.15, 0.2) is 0 Å². The monoisotopic (exact) mass is 378 g/mol. The van der Waals surface area contributed by atoms with Crippen LogP contribution in [0.15, 0.2) is 24.3 Å². The SMILES string of the molecule is CCCO[C@H]1C[C@@H](C(=O)NCCOc2cccc(C(=O)OC)c2)CC[C@@H]1N. The van der Waals surface area contributed by atoms with Crippen LogP contribution in [0, 0.1) is 5.92 Å². The van der Waals surface area contributed by atoms with E-state index in [4.69, 9.17) is 15.2 Å². The van der Waals surface area contributed by atoms with Crippen LogP contribution in [0.3, 0.4) is 0 Å². The lowest BCUT2D eigenvalue weighted by Crippen LogP contribution is -2.46. The van der Waals surface area contributed by atoms with Crippen LogP contribution in [0.1, 0.15) is 43.0 Å². The van der Waals surface area contributed by atoms with E-state index >= 15 is 0 Å². The number of amides is 1. The summed E-state index contributed by atoms with van der Waals surface area (Å²) in [6.07, 6.45) is 3.13. The Labute approximate surface area is 160 Å². The third kappa shape index (κ3) is 6.52. The summed E-state index contributed by atoms with van der Waals surface area (Å²) in [6, 6.07) is 6.76. The van der Waals surface area contributed by atoms with E-state index in [0.29, 0.717) is 37.5 Å². The molecule has 1 aliphatic carbocycles. The molecule has 1 saturated carbocycles. The van der Waals surface area contributed by atoms with Crippen LogP contribution in [0.25, 0.3) is 0 Å². The Hall–Kier alpha value is -2.12. The summed E-state index contributed by atoms with van der Waals surface area (Å²) in [6.45, 7) is 3.44. The number of nitrogens with one attached hydrogen (secondary N) is 1. The number of rotatable bonds is 9. The van der Waals surface area contributed by atoms with E-state index in [1.54, 1.807) is 24.3 Å². The lowest BCUT2D eigenvalue weighted by atomic mass is 9.83. The molecule has 0 aromatic heterocycles. The molecule has 0 heterocycles. The zero-order valence-electron chi connectivity index (χ0n) is 16.1.